The number of hydrogen-bond donors (Lipinski definition) is 1. The summed E-state index contributed by atoms with van der Waals surface area (Å²) in [5, 5.41) is 3.18. The molecule has 3 aliphatic rings. The minimum absolute atomic E-state index is 0.142. The van der Waals surface area contributed by atoms with Crippen molar-refractivity contribution in [2.45, 2.75) is 18.9 Å². The number of rotatable bonds is 5. The van der Waals surface area contributed by atoms with E-state index < -0.39 is 0 Å². The molecular weight excluding hydrogens is 364 g/mol. The van der Waals surface area contributed by atoms with E-state index in [0.29, 0.717) is 23.2 Å². The molecule has 29 heavy (non-hydrogen) atoms. The van der Waals surface area contributed by atoms with Gasteiger partial charge in [0, 0.05) is 12.6 Å². The SMILES string of the molecule is O=C(NC1CN2CCC1CC2)c1ccc(-c2ccccc2Oc2ccccc2)o1. The zero-order valence-corrected chi connectivity index (χ0v) is 16.2. The van der Waals surface area contributed by atoms with Crippen molar-refractivity contribution < 1.29 is 13.9 Å². The summed E-state index contributed by atoms with van der Waals surface area (Å²) in [5.41, 5.74) is 0.818. The van der Waals surface area contributed by atoms with Gasteiger partial charge >= 0.3 is 0 Å². The third kappa shape index (κ3) is 3.78. The molecule has 6 rings (SSSR count). The van der Waals surface area contributed by atoms with Gasteiger partial charge in [-0.1, -0.05) is 30.3 Å². The fourth-order valence-electron chi connectivity index (χ4n) is 4.35. The molecule has 3 aliphatic heterocycles. The Bertz CT molecular complexity index is 990. The fourth-order valence-corrected chi connectivity index (χ4v) is 4.35. The Morgan fingerprint density at radius 2 is 1.72 bits per heavy atom. The Morgan fingerprint density at radius 3 is 2.48 bits per heavy atom. The third-order valence-corrected chi connectivity index (χ3v) is 5.93. The number of carbonyl (C=O) groups excluding carboxylic acids is 1. The van der Waals surface area contributed by atoms with Crippen molar-refractivity contribution in [1.82, 2.24) is 10.2 Å². The van der Waals surface area contributed by atoms with Crippen molar-refractivity contribution in [1.29, 1.82) is 0 Å². The predicted octanol–water partition coefficient (Wildman–Crippen LogP) is 4.56. The van der Waals surface area contributed by atoms with Gasteiger partial charge in [0.05, 0.1) is 5.56 Å². The third-order valence-electron chi connectivity index (χ3n) is 5.93. The number of para-hydroxylation sites is 2. The van der Waals surface area contributed by atoms with Gasteiger partial charge in [0.1, 0.15) is 17.3 Å². The van der Waals surface area contributed by atoms with E-state index in [4.69, 9.17) is 9.15 Å². The van der Waals surface area contributed by atoms with Crippen LogP contribution in [0.5, 0.6) is 11.5 Å². The average molecular weight is 388 g/mol. The van der Waals surface area contributed by atoms with E-state index in [1.54, 1.807) is 6.07 Å². The van der Waals surface area contributed by atoms with Crippen molar-refractivity contribution in [2.24, 2.45) is 5.92 Å². The number of nitrogens with one attached hydrogen (secondary N) is 1. The van der Waals surface area contributed by atoms with Crippen molar-refractivity contribution in [3.05, 3.63) is 72.5 Å². The summed E-state index contributed by atoms with van der Waals surface area (Å²) in [5.74, 6) is 2.85. The van der Waals surface area contributed by atoms with Crippen molar-refractivity contribution in [3.63, 3.8) is 0 Å². The highest BCUT2D eigenvalue weighted by molar-refractivity contribution is 5.92. The van der Waals surface area contributed by atoms with E-state index in [1.807, 2.05) is 60.7 Å². The van der Waals surface area contributed by atoms with Gasteiger partial charge < -0.3 is 19.4 Å². The van der Waals surface area contributed by atoms with Gasteiger partial charge in [-0.2, -0.15) is 0 Å². The summed E-state index contributed by atoms with van der Waals surface area (Å²) >= 11 is 0. The normalized spacial score (nSPS) is 23.0. The monoisotopic (exact) mass is 388 g/mol. The molecule has 5 nitrogen and oxygen atoms in total. The Balaban J connectivity index is 1.33. The van der Waals surface area contributed by atoms with E-state index in [9.17, 15) is 4.79 Å². The van der Waals surface area contributed by atoms with Gasteiger partial charge in [-0.05, 0) is 68.2 Å². The molecule has 5 heteroatoms. The lowest BCUT2D eigenvalue weighted by molar-refractivity contribution is 0.0606. The van der Waals surface area contributed by atoms with Crippen LogP contribution in [0.2, 0.25) is 0 Å². The molecule has 148 valence electrons. The van der Waals surface area contributed by atoms with Crippen LogP contribution in [-0.2, 0) is 0 Å². The van der Waals surface area contributed by atoms with Crippen LogP contribution in [0.25, 0.3) is 11.3 Å². The first-order valence-corrected chi connectivity index (χ1v) is 10.2. The quantitative estimate of drug-likeness (QED) is 0.696. The molecule has 1 unspecified atom stereocenters. The number of fused-ring (bicyclic) bond motifs is 3. The lowest BCUT2D eigenvalue weighted by atomic mass is 9.84. The van der Waals surface area contributed by atoms with E-state index in [2.05, 4.69) is 10.2 Å². The maximum absolute atomic E-state index is 12.8. The molecule has 1 aromatic heterocycles. The molecule has 1 amide bonds. The van der Waals surface area contributed by atoms with Gasteiger partial charge in [-0.15, -0.1) is 0 Å². The highest BCUT2D eigenvalue weighted by atomic mass is 16.5. The number of amides is 1. The van der Waals surface area contributed by atoms with Crippen molar-refractivity contribution in [3.8, 4) is 22.8 Å². The summed E-state index contributed by atoms with van der Waals surface area (Å²) in [6.45, 7) is 3.25. The van der Waals surface area contributed by atoms with Gasteiger partial charge in [-0.25, -0.2) is 0 Å². The molecule has 3 aromatic rings. The number of benzene rings is 2. The minimum Gasteiger partial charge on any atom is -0.457 e. The van der Waals surface area contributed by atoms with E-state index in [-0.39, 0.29) is 11.9 Å². The lowest BCUT2D eigenvalue weighted by Crippen LogP contribution is -2.57. The molecule has 0 radical (unpaired) electrons. The van der Waals surface area contributed by atoms with Crippen LogP contribution in [0.3, 0.4) is 0 Å². The molecule has 2 bridgehead atoms. The Labute approximate surface area is 170 Å². The number of hydrogen-bond acceptors (Lipinski definition) is 4. The summed E-state index contributed by atoms with van der Waals surface area (Å²) < 4.78 is 11.9. The summed E-state index contributed by atoms with van der Waals surface area (Å²) in [4.78, 5) is 15.2. The summed E-state index contributed by atoms with van der Waals surface area (Å²) in [6.07, 6.45) is 2.33. The maximum Gasteiger partial charge on any atom is 0.287 e. The fraction of sp³-hybridized carbons (Fsp3) is 0.292. The summed E-state index contributed by atoms with van der Waals surface area (Å²) in [6, 6.07) is 21.1. The van der Waals surface area contributed by atoms with Gasteiger partial charge in [-0.3, -0.25) is 4.79 Å². The van der Waals surface area contributed by atoms with Gasteiger partial charge in [0.2, 0.25) is 0 Å². The maximum atomic E-state index is 12.8. The van der Waals surface area contributed by atoms with Crippen LogP contribution in [0, 0.1) is 5.92 Å². The standard InChI is InChI=1S/C24H24N2O3/c27-24(25-20-16-26-14-12-17(20)13-15-26)23-11-10-22(29-23)19-8-4-5-9-21(19)28-18-6-2-1-3-7-18/h1-11,17,20H,12-16H2,(H,25,27). The first kappa shape index (κ1) is 18.0. The van der Waals surface area contributed by atoms with Crippen LogP contribution < -0.4 is 10.1 Å². The minimum atomic E-state index is -0.142. The Hall–Kier alpha value is -3.05. The van der Waals surface area contributed by atoms with E-state index in [0.717, 1.165) is 30.9 Å². The molecular formula is C24H24N2O3. The molecule has 3 fully saturated rings. The number of piperidine rings is 3. The average Bonchev–Trinajstić information content (AvgIpc) is 3.26. The van der Waals surface area contributed by atoms with Crippen LogP contribution in [0.4, 0.5) is 0 Å². The highest BCUT2D eigenvalue weighted by Gasteiger charge is 2.35. The van der Waals surface area contributed by atoms with E-state index >= 15 is 0 Å². The first-order chi connectivity index (χ1) is 14.3. The number of nitrogens with zero attached hydrogens (tertiary/aromatic N) is 1. The molecule has 0 aliphatic carbocycles. The van der Waals surface area contributed by atoms with Crippen LogP contribution in [-0.4, -0.2) is 36.5 Å². The second-order valence-electron chi connectivity index (χ2n) is 7.79. The zero-order valence-electron chi connectivity index (χ0n) is 16.2. The molecule has 0 spiro atoms. The predicted molar refractivity (Wildman–Crippen MR) is 111 cm³/mol. The van der Waals surface area contributed by atoms with Crippen molar-refractivity contribution in [2.75, 3.05) is 19.6 Å². The Morgan fingerprint density at radius 1 is 0.966 bits per heavy atom. The smallest absolute Gasteiger partial charge is 0.287 e. The number of furan rings is 1. The van der Waals surface area contributed by atoms with Crippen molar-refractivity contribution >= 4 is 5.91 Å². The van der Waals surface area contributed by atoms with E-state index in [1.165, 1.54) is 12.8 Å². The zero-order chi connectivity index (χ0) is 19.6. The highest BCUT2D eigenvalue weighted by Crippen LogP contribution is 2.34. The first-order valence-electron chi connectivity index (χ1n) is 10.2. The molecule has 1 N–H and O–H groups in total. The molecule has 2 aromatic carbocycles. The molecule has 4 heterocycles. The molecule has 1 atom stereocenters. The second kappa shape index (κ2) is 7.76. The topological polar surface area (TPSA) is 54.7 Å². The van der Waals surface area contributed by atoms with Crippen LogP contribution in [0.15, 0.2) is 71.1 Å². The van der Waals surface area contributed by atoms with Gasteiger partial charge in [0.25, 0.3) is 5.91 Å². The molecule has 0 saturated carbocycles. The number of ether oxygens (including phenoxy) is 1. The second-order valence-corrected chi connectivity index (χ2v) is 7.79. The summed E-state index contributed by atoms with van der Waals surface area (Å²) in [7, 11) is 0. The number of carbonyl (C=O) groups is 1. The van der Waals surface area contributed by atoms with Crippen LogP contribution in [0.1, 0.15) is 23.4 Å². The largest absolute Gasteiger partial charge is 0.457 e. The molecule has 3 saturated heterocycles. The lowest BCUT2D eigenvalue weighted by Gasteiger charge is -2.44. The van der Waals surface area contributed by atoms with Crippen LogP contribution >= 0.6 is 0 Å². The Kier molecular flexibility index (Phi) is 4.82. The van der Waals surface area contributed by atoms with Gasteiger partial charge in [0.15, 0.2) is 5.76 Å².